The second-order valence-corrected chi connectivity index (χ2v) is 2.54. The van der Waals surface area contributed by atoms with E-state index < -0.39 is 11.7 Å². The minimum absolute atomic E-state index is 0.555. The summed E-state index contributed by atoms with van der Waals surface area (Å²) < 4.78 is 36.3. The number of rotatable bonds is 2. The van der Waals surface area contributed by atoms with Crippen LogP contribution in [0.25, 0.3) is 0 Å². The summed E-state index contributed by atoms with van der Waals surface area (Å²) in [4.78, 5) is 4.39. The average Bonchev–Trinajstić information content (AvgIpc) is 2.14. The van der Waals surface area contributed by atoms with Gasteiger partial charge in [-0.15, -0.1) is 0 Å². The lowest BCUT2D eigenvalue weighted by molar-refractivity contribution is -0.137. The predicted molar refractivity (Wildman–Crippen MR) is 46.0 cm³/mol. The van der Waals surface area contributed by atoms with Crippen LogP contribution in [0.5, 0.6) is 0 Å². The monoisotopic (exact) mass is 203 g/mol. The first-order chi connectivity index (χ1) is 6.54. The molecule has 1 aromatic rings. The summed E-state index contributed by atoms with van der Waals surface area (Å²) in [6, 6.07) is 4.64. The number of hydrogen-bond donors (Lipinski definition) is 0. The lowest BCUT2D eigenvalue weighted by atomic mass is 10.1. The molecular formula is C9H8F3NO. The van der Waals surface area contributed by atoms with Crippen molar-refractivity contribution in [3.8, 4) is 0 Å². The van der Waals surface area contributed by atoms with Gasteiger partial charge in [-0.2, -0.15) is 13.2 Å². The molecular weight excluding hydrogens is 195 g/mol. The van der Waals surface area contributed by atoms with Crippen LogP contribution in [0.15, 0.2) is 29.4 Å². The van der Waals surface area contributed by atoms with Crippen LogP contribution in [-0.4, -0.2) is 13.3 Å². The number of alkyl halides is 3. The van der Waals surface area contributed by atoms with Gasteiger partial charge < -0.3 is 4.84 Å². The first kappa shape index (κ1) is 10.6. The fraction of sp³-hybridized carbons (Fsp3) is 0.222. The average molecular weight is 203 g/mol. The number of hydrogen-bond acceptors (Lipinski definition) is 2. The third-order valence-electron chi connectivity index (χ3n) is 1.55. The minimum atomic E-state index is -4.29. The fourth-order valence-corrected chi connectivity index (χ4v) is 0.872. The van der Waals surface area contributed by atoms with Crippen molar-refractivity contribution < 1.29 is 18.0 Å². The topological polar surface area (TPSA) is 21.6 Å². The van der Waals surface area contributed by atoms with E-state index in [4.69, 9.17) is 0 Å². The van der Waals surface area contributed by atoms with Gasteiger partial charge in [-0.3, -0.25) is 0 Å². The molecule has 0 saturated carbocycles. The standard InChI is InChI=1S/C9H8F3NO/c1-14-13-6-7-2-4-8(5-3-7)9(10,11)12/h2-6H,1H3/b13-6-. The number of benzene rings is 1. The molecule has 1 rings (SSSR count). The first-order valence-corrected chi connectivity index (χ1v) is 3.78. The maximum atomic E-state index is 12.1. The Hall–Kier alpha value is -1.52. The van der Waals surface area contributed by atoms with Gasteiger partial charge in [0, 0.05) is 0 Å². The largest absolute Gasteiger partial charge is 0.416 e. The molecule has 0 spiro atoms. The Morgan fingerprint density at radius 2 is 1.79 bits per heavy atom. The molecule has 0 fully saturated rings. The Morgan fingerprint density at radius 3 is 2.21 bits per heavy atom. The number of nitrogens with zero attached hydrogens (tertiary/aromatic N) is 1. The van der Waals surface area contributed by atoms with Gasteiger partial charge in [0.15, 0.2) is 0 Å². The minimum Gasteiger partial charge on any atom is -0.399 e. The molecule has 2 nitrogen and oxygen atoms in total. The molecule has 0 saturated heterocycles. The Labute approximate surface area is 79.0 Å². The zero-order chi connectivity index (χ0) is 10.6. The molecule has 14 heavy (non-hydrogen) atoms. The third-order valence-corrected chi connectivity index (χ3v) is 1.55. The molecule has 1 aromatic carbocycles. The summed E-state index contributed by atoms with van der Waals surface area (Å²) >= 11 is 0. The van der Waals surface area contributed by atoms with Crippen LogP contribution in [0.3, 0.4) is 0 Å². The predicted octanol–water partition coefficient (Wildman–Crippen LogP) is 2.69. The summed E-state index contributed by atoms with van der Waals surface area (Å²) in [6.07, 6.45) is -2.96. The van der Waals surface area contributed by atoms with E-state index in [1.54, 1.807) is 0 Å². The van der Waals surface area contributed by atoms with E-state index in [1.807, 2.05) is 0 Å². The third kappa shape index (κ3) is 2.76. The van der Waals surface area contributed by atoms with Crippen LogP contribution >= 0.6 is 0 Å². The van der Waals surface area contributed by atoms with Gasteiger partial charge >= 0.3 is 6.18 Å². The van der Waals surface area contributed by atoms with Gasteiger partial charge in [0.1, 0.15) is 7.11 Å². The SMILES string of the molecule is CO/N=C\c1ccc(C(F)(F)F)cc1. The van der Waals surface area contributed by atoms with Crippen molar-refractivity contribution >= 4 is 6.21 Å². The molecule has 0 aromatic heterocycles. The molecule has 0 aliphatic rings. The molecule has 0 bridgehead atoms. The summed E-state index contributed by atoms with van der Waals surface area (Å²) in [5.41, 5.74) is -0.119. The van der Waals surface area contributed by atoms with Crippen molar-refractivity contribution in [3.63, 3.8) is 0 Å². The highest BCUT2D eigenvalue weighted by molar-refractivity contribution is 5.79. The zero-order valence-corrected chi connectivity index (χ0v) is 7.38. The van der Waals surface area contributed by atoms with Crippen molar-refractivity contribution in [1.29, 1.82) is 0 Å². The van der Waals surface area contributed by atoms with Crippen LogP contribution in [-0.2, 0) is 11.0 Å². The van der Waals surface area contributed by atoms with Crippen LogP contribution in [0, 0.1) is 0 Å². The molecule has 76 valence electrons. The Balaban J connectivity index is 2.84. The van der Waals surface area contributed by atoms with Crippen LogP contribution in [0.1, 0.15) is 11.1 Å². The molecule has 0 aliphatic carbocycles. The van der Waals surface area contributed by atoms with E-state index in [0.717, 1.165) is 12.1 Å². The molecule has 0 heterocycles. The molecule has 0 atom stereocenters. The number of halogens is 3. The lowest BCUT2D eigenvalue weighted by Gasteiger charge is -2.05. The van der Waals surface area contributed by atoms with E-state index in [0.29, 0.717) is 5.56 Å². The molecule has 0 aliphatic heterocycles. The normalized spacial score (nSPS) is 12.0. The van der Waals surface area contributed by atoms with E-state index >= 15 is 0 Å². The Kier molecular flexibility index (Phi) is 3.11. The van der Waals surface area contributed by atoms with E-state index in [-0.39, 0.29) is 0 Å². The first-order valence-electron chi connectivity index (χ1n) is 3.78. The maximum absolute atomic E-state index is 12.1. The quantitative estimate of drug-likeness (QED) is 0.535. The van der Waals surface area contributed by atoms with Gasteiger partial charge in [0.25, 0.3) is 0 Å². The molecule has 0 N–H and O–H groups in total. The van der Waals surface area contributed by atoms with Crippen molar-refractivity contribution in [1.82, 2.24) is 0 Å². The second-order valence-electron chi connectivity index (χ2n) is 2.54. The lowest BCUT2D eigenvalue weighted by Crippen LogP contribution is -2.04. The molecule has 0 unspecified atom stereocenters. The Bertz CT molecular complexity index is 316. The fourth-order valence-electron chi connectivity index (χ4n) is 0.872. The van der Waals surface area contributed by atoms with Crippen molar-refractivity contribution in [2.24, 2.45) is 5.16 Å². The highest BCUT2D eigenvalue weighted by Gasteiger charge is 2.29. The van der Waals surface area contributed by atoms with Gasteiger partial charge in [-0.05, 0) is 17.7 Å². The van der Waals surface area contributed by atoms with E-state index in [9.17, 15) is 13.2 Å². The zero-order valence-electron chi connectivity index (χ0n) is 7.38. The van der Waals surface area contributed by atoms with Crippen molar-refractivity contribution in [2.45, 2.75) is 6.18 Å². The van der Waals surface area contributed by atoms with Crippen LogP contribution in [0.4, 0.5) is 13.2 Å². The summed E-state index contributed by atoms with van der Waals surface area (Å²) in [5, 5.41) is 3.43. The van der Waals surface area contributed by atoms with Crippen LogP contribution in [0.2, 0.25) is 0 Å². The summed E-state index contributed by atoms with van der Waals surface area (Å²) in [7, 11) is 1.36. The molecule has 0 radical (unpaired) electrons. The van der Waals surface area contributed by atoms with Gasteiger partial charge in [0.2, 0.25) is 0 Å². The summed E-state index contributed by atoms with van der Waals surface area (Å²) in [6.45, 7) is 0. The van der Waals surface area contributed by atoms with E-state index in [2.05, 4.69) is 9.99 Å². The van der Waals surface area contributed by atoms with Gasteiger partial charge in [-0.1, -0.05) is 17.3 Å². The molecule has 5 heteroatoms. The van der Waals surface area contributed by atoms with Crippen molar-refractivity contribution in [3.05, 3.63) is 35.4 Å². The number of oxime groups is 1. The smallest absolute Gasteiger partial charge is 0.399 e. The van der Waals surface area contributed by atoms with E-state index in [1.165, 1.54) is 25.5 Å². The highest BCUT2D eigenvalue weighted by Crippen LogP contribution is 2.28. The highest BCUT2D eigenvalue weighted by atomic mass is 19.4. The second kappa shape index (κ2) is 4.13. The summed E-state index contributed by atoms with van der Waals surface area (Å²) in [5.74, 6) is 0. The Morgan fingerprint density at radius 1 is 1.21 bits per heavy atom. The van der Waals surface area contributed by atoms with Crippen LogP contribution < -0.4 is 0 Å². The van der Waals surface area contributed by atoms with Gasteiger partial charge in [0.05, 0.1) is 11.8 Å². The maximum Gasteiger partial charge on any atom is 0.416 e. The van der Waals surface area contributed by atoms with Crippen molar-refractivity contribution in [2.75, 3.05) is 7.11 Å². The van der Waals surface area contributed by atoms with Gasteiger partial charge in [-0.25, -0.2) is 0 Å². The molecule has 0 amide bonds.